The van der Waals surface area contributed by atoms with Crippen LogP contribution in [0, 0.1) is 16.7 Å². The quantitative estimate of drug-likeness (QED) is 0.320. The molecule has 1 aliphatic heterocycles. The smallest absolute Gasteiger partial charge is 0.408 e. The van der Waals surface area contributed by atoms with Crippen molar-refractivity contribution in [1.82, 2.24) is 21.3 Å². The van der Waals surface area contributed by atoms with Gasteiger partial charge in [-0.3, -0.25) is 14.4 Å². The lowest BCUT2D eigenvalue weighted by Crippen LogP contribution is -2.59. The highest BCUT2D eigenvalue weighted by Crippen LogP contribution is 2.28. The number of alkyl carbamates (subject to hydrolysis) is 1. The molecule has 4 amide bonds. The number of hydrogen-bond donors (Lipinski definition) is 4. The van der Waals surface area contributed by atoms with Crippen molar-refractivity contribution in [2.45, 2.75) is 125 Å². The molecule has 1 fully saturated rings. The highest BCUT2D eigenvalue weighted by molar-refractivity contribution is 5.93. The van der Waals surface area contributed by atoms with Crippen LogP contribution in [0.5, 0.6) is 0 Å². The average Bonchev–Trinajstić information content (AvgIpc) is 2.98. The van der Waals surface area contributed by atoms with Crippen LogP contribution in [0.3, 0.4) is 0 Å². The zero-order valence-corrected chi connectivity index (χ0v) is 25.8. The summed E-state index contributed by atoms with van der Waals surface area (Å²) in [6.45, 7) is 20.1. The van der Waals surface area contributed by atoms with Crippen molar-refractivity contribution < 1.29 is 33.4 Å². The van der Waals surface area contributed by atoms with E-state index < -0.39 is 64.5 Å². The van der Waals surface area contributed by atoms with Gasteiger partial charge in [0.25, 0.3) is 0 Å². The average molecular weight is 555 g/mol. The van der Waals surface area contributed by atoms with E-state index in [1.54, 1.807) is 41.5 Å². The summed E-state index contributed by atoms with van der Waals surface area (Å²) in [6, 6.07) is -3.11. The molecule has 1 aliphatic rings. The number of hydrogen-bond acceptors (Lipinski definition) is 7. The summed E-state index contributed by atoms with van der Waals surface area (Å²) in [5, 5.41) is 11.0. The van der Waals surface area contributed by atoms with Gasteiger partial charge in [0.1, 0.15) is 23.7 Å². The number of rotatable bonds is 9. The van der Waals surface area contributed by atoms with E-state index in [1.807, 2.05) is 34.6 Å². The Morgan fingerprint density at radius 3 is 1.87 bits per heavy atom. The van der Waals surface area contributed by atoms with Gasteiger partial charge in [-0.2, -0.15) is 0 Å². The minimum absolute atomic E-state index is 0.0642. The lowest BCUT2D eigenvalue weighted by Gasteiger charge is -2.34. The highest BCUT2D eigenvalue weighted by Gasteiger charge is 2.41. The van der Waals surface area contributed by atoms with Crippen LogP contribution in [0.1, 0.15) is 95.4 Å². The van der Waals surface area contributed by atoms with Crippen molar-refractivity contribution in [2.75, 3.05) is 7.11 Å². The van der Waals surface area contributed by atoms with Crippen LogP contribution in [-0.2, 0) is 28.7 Å². The van der Waals surface area contributed by atoms with Gasteiger partial charge >= 0.3 is 12.1 Å². The molecule has 4 atom stereocenters. The van der Waals surface area contributed by atoms with E-state index in [0.29, 0.717) is 6.42 Å². The van der Waals surface area contributed by atoms with Crippen LogP contribution >= 0.6 is 0 Å². The summed E-state index contributed by atoms with van der Waals surface area (Å²) < 4.78 is 10.2. The second-order valence-corrected chi connectivity index (χ2v) is 14.4. The van der Waals surface area contributed by atoms with Gasteiger partial charge in [0.05, 0.1) is 7.11 Å². The molecule has 0 spiro atoms. The third-order valence-corrected chi connectivity index (χ3v) is 6.15. The lowest BCUT2D eigenvalue weighted by atomic mass is 9.84. The molecule has 1 heterocycles. The van der Waals surface area contributed by atoms with Crippen LogP contribution in [0.4, 0.5) is 4.79 Å². The van der Waals surface area contributed by atoms with Crippen molar-refractivity contribution >= 4 is 29.8 Å². The first kappa shape index (κ1) is 34.2. The number of amides is 4. The molecule has 1 rings (SSSR count). The molecular formula is C28H50N4O7. The van der Waals surface area contributed by atoms with Gasteiger partial charge in [-0.15, -0.1) is 0 Å². The lowest BCUT2D eigenvalue weighted by molar-refractivity contribution is -0.146. The Labute approximate surface area is 233 Å². The topological polar surface area (TPSA) is 152 Å². The van der Waals surface area contributed by atoms with E-state index in [4.69, 9.17) is 9.47 Å². The Kier molecular flexibility index (Phi) is 11.0. The van der Waals surface area contributed by atoms with Crippen LogP contribution in [0.2, 0.25) is 0 Å². The second kappa shape index (κ2) is 12.6. The maximum Gasteiger partial charge on any atom is 0.408 e. The summed E-state index contributed by atoms with van der Waals surface area (Å²) in [4.78, 5) is 64.5. The van der Waals surface area contributed by atoms with Crippen LogP contribution < -0.4 is 21.3 Å². The fraction of sp³-hybridized carbons (Fsp3) is 0.821. The highest BCUT2D eigenvalue weighted by atomic mass is 16.6. The Balaban J connectivity index is 3.17. The fourth-order valence-corrected chi connectivity index (χ4v) is 4.48. The summed E-state index contributed by atoms with van der Waals surface area (Å²) in [7, 11) is 1.21. The van der Waals surface area contributed by atoms with E-state index in [2.05, 4.69) is 21.3 Å². The predicted molar refractivity (Wildman–Crippen MR) is 148 cm³/mol. The Morgan fingerprint density at radius 2 is 1.46 bits per heavy atom. The molecule has 39 heavy (non-hydrogen) atoms. The third kappa shape index (κ3) is 11.8. The van der Waals surface area contributed by atoms with Gasteiger partial charge in [0.2, 0.25) is 17.7 Å². The molecule has 0 aromatic carbocycles. The molecule has 0 bridgehead atoms. The first-order chi connectivity index (χ1) is 17.4. The van der Waals surface area contributed by atoms with Gasteiger partial charge in [0.15, 0.2) is 0 Å². The van der Waals surface area contributed by atoms with Gasteiger partial charge in [-0.05, 0) is 64.7 Å². The number of carbonyl (C=O) groups excluding carboxylic acids is 5. The fourth-order valence-electron chi connectivity index (χ4n) is 4.48. The Morgan fingerprint density at radius 1 is 0.923 bits per heavy atom. The maximum atomic E-state index is 13.5. The molecule has 224 valence electrons. The molecule has 0 aliphatic carbocycles. The zero-order chi connectivity index (χ0) is 30.6. The second-order valence-electron chi connectivity index (χ2n) is 14.4. The molecule has 0 saturated carbocycles. The predicted octanol–water partition coefficient (Wildman–Crippen LogP) is 2.81. The van der Waals surface area contributed by atoms with Crippen LogP contribution in [0.25, 0.3) is 0 Å². The van der Waals surface area contributed by atoms with Gasteiger partial charge in [-0.25, -0.2) is 9.59 Å². The van der Waals surface area contributed by atoms with Gasteiger partial charge in [-0.1, -0.05) is 41.5 Å². The van der Waals surface area contributed by atoms with Crippen molar-refractivity contribution in [3.8, 4) is 0 Å². The molecule has 11 nitrogen and oxygen atoms in total. The van der Waals surface area contributed by atoms with Crippen LogP contribution in [-0.4, -0.2) is 66.2 Å². The number of nitrogens with one attached hydrogen (secondary N) is 4. The summed E-state index contributed by atoms with van der Waals surface area (Å²) in [5.74, 6) is -2.51. The van der Waals surface area contributed by atoms with Crippen molar-refractivity contribution in [3.63, 3.8) is 0 Å². The van der Waals surface area contributed by atoms with Gasteiger partial charge < -0.3 is 30.7 Å². The van der Waals surface area contributed by atoms with E-state index >= 15 is 0 Å². The number of ether oxygens (including phenoxy) is 2. The van der Waals surface area contributed by atoms with E-state index in [0.717, 1.165) is 0 Å². The number of carbonyl (C=O) groups is 5. The Bertz CT molecular complexity index is 926. The van der Waals surface area contributed by atoms with Crippen molar-refractivity contribution in [1.29, 1.82) is 0 Å². The first-order valence-electron chi connectivity index (χ1n) is 13.4. The van der Waals surface area contributed by atoms with E-state index in [9.17, 15) is 24.0 Å². The SMILES string of the molecule is COC(=O)[C@H](C[C@@H]1CC(C)(C)NC1=O)NC(=O)[C@H](CC(C)(C)C)NC(=O)[C@@H](NC(=O)OC(C)(C)C)C(C)(C)C. The largest absolute Gasteiger partial charge is 0.467 e. The third-order valence-electron chi connectivity index (χ3n) is 6.15. The molecule has 0 aromatic heterocycles. The van der Waals surface area contributed by atoms with Crippen LogP contribution in [0.15, 0.2) is 0 Å². The zero-order valence-electron chi connectivity index (χ0n) is 25.8. The molecule has 0 unspecified atom stereocenters. The van der Waals surface area contributed by atoms with E-state index in [-0.39, 0.29) is 24.2 Å². The Hall–Kier alpha value is -2.85. The minimum atomic E-state index is -1.08. The maximum absolute atomic E-state index is 13.5. The molecule has 0 aromatic rings. The van der Waals surface area contributed by atoms with Gasteiger partial charge in [0, 0.05) is 11.5 Å². The number of esters is 1. The molecule has 0 radical (unpaired) electrons. The standard InChI is InChI=1S/C28H50N4O7/c1-25(2,3)15-18(30-22(35)19(26(4,5)6)31-24(37)39-27(7,8)9)21(34)29-17(23(36)38-12)13-16-14-28(10,11)32-20(16)33/h16-19H,13-15H2,1-12H3,(H,29,34)(H,30,35)(H,31,37)(H,32,33)/t16-,17+,18+,19-/m1/s1. The minimum Gasteiger partial charge on any atom is -0.467 e. The monoisotopic (exact) mass is 554 g/mol. The molecule has 1 saturated heterocycles. The number of methoxy groups -OCH3 is 1. The normalized spacial score (nSPS) is 19.7. The summed E-state index contributed by atoms with van der Waals surface area (Å²) >= 11 is 0. The first-order valence-corrected chi connectivity index (χ1v) is 13.4. The van der Waals surface area contributed by atoms with Crippen molar-refractivity contribution in [3.05, 3.63) is 0 Å². The molecule has 4 N–H and O–H groups in total. The van der Waals surface area contributed by atoms with E-state index in [1.165, 1.54) is 7.11 Å². The molecular weight excluding hydrogens is 504 g/mol. The van der Waals surface area contributed by atoms with Crippen molar-refractivity contribution in [2.24, 2.45) is 16.7 Å². The summed E-state index contributed by atoms with van der Waals surface area (Å²) in [5.41, 5.74) is -2.26. The summed E-state index contributed by atoms with van der Waals surface area (Å²) in [6.07, 6.45) is 0.0619. The molecule has 11 heteroatoms.